The van der Waals surface area contributed by atoms with Gasteiger partial charge in [-0.3, -0.25) is 0 Å². The third-order valence-corrected chi connectivity index (χ3v) is 3.18. The van der Waals surface area contributed by atoms with Crippen molar-refractivity contribution in [3.63, 3.8) is 0 Å². The first-order valence-corrected chi connectivity index (χ1v) is 5.60. The molecule has 3 heteroatoms. The Kier molecular flexibility index (Phi) is 4.35. The van der Waals surface area contributed by atoms with E-state index in [0.717, 1.165) is 39.4 Å². The van der Waals surface area contributed by atoms with Crippen molar-refractivity contribution in [1.29, 1.82) is 0 Å². The van der Waals surface area contributed by atoms with Crippen LogP contribution < -0.4 is 5.73 Å². The molecule has 1 heterocycles. The second kappa shape index (κ2) is 5.10. The highest BCUT2D eigenvalue weighted by molar-refractivity contribution is 4.90. The van der Waals surface area contributed by atoms with Crippen LogP contribution in [0.4, 0.5) is 0 Å². The summed E-state index contributed by atoms with van der Waals surface area (Å²) in [7, 11) is 0. The van der Waals surface area contributed by atoms with E-state index < -0.39 is 0 Å². The van der Waals surface area contributed by atoms with Crippen LogP contribution in [-0.4, -0.2) is 44.3 Å². The van der Waals surface area contributed by atoms with E-state index in [1.54, 1.807) is 0 Å². The van der Waals surface area contributed by atoms with Crippen molar-refractivity contribution in [3.05, 3.63) is 0 Å². The molecule has 1 saturated heterocycles. The summed E-state index contributed by atoms with van der Waals surface area (Å²) in [6.45, 7) is 12.5. The number of hydrogen-bond donors (Lipinski definition) is 1. The lowest BCUT2D eigenvalue weighted by molar-refractivity contribution is 0.0797. The Morgan fingerprint density at radius 1 is 1.50 bits per heavy atom. The molecule has 0 bridgehead atoms. The molecule has 0 aliphatic carbocycles. The zero-order valence-corrected chi connectivity index (χ0v) is 9.75. The van der Waals surface area contributed by atoms with Gasteiger partial charge in [0.1, 0.15) is 0 Å². The number of nitrogens with zero attached hydrogens (tertiary/aromatic N) is 1. The number of likely N-dealkylation sites (tertiary alicyclic amines) is 1. The maximum atomic E-state index is 5.57. The van der Waals surface area contributed by atoms with E-state index in [1.807, 2.05) is 0 Å². The van der Waals surface area contributed by atoms with Crippen LogP contribution in [-0.2, 0) is 4.74 Å². The number of rotatable bonds is 5. The monoisotopic (exact) mass is 200 g/mol. The third kappa shape index (κ3) is 2.94. The van der Waals surface area contributed by atoms with Crippen molar-refractivity contribution in [3.8, 4) is 0 Å². The Labute approximate surface area is 87.6 Å². The van der Waals surface area contributed by atoms with Gasteiger partial charge < -0.3 is 15.4 Å². The summed E-state index contributed by atoms with van der Waals surface area (Å²) in [5.74, 6) is 0.661. The van der Waals surface area contributed by atoms with Gasteiger partial charge in [0.05, 0.1) is 6.61 Å². The second-order valence-electron chi connectivity index (χ2n) is 4.87. The third-order valence-electron chi connectivity index (χ3n) is 3.18. The molecule has 84 valence electrons. The Hall–Kier alpha value is -0.120. The summed E-state index contributed by atoms with van der Waals surface area (Å²) in [6.07, 6.45) is 0. The SMILES string of the molecule is CCOC[C@@H]1CN(CCN)CC1(C)C. The van der Waals surface area contributed by atoms with Crippen LogP contribution in [0.1, 0.15) is 20.8 Å². The van der Waals surface area contributed by atoms with E-state index >= 15 is 0 Å². The van der Waals surface area contributed by atoms with Gasteiger partial charge in [0.25, 0.3) is 0 Å². The molecule has 0 amide bonds. The standard InChI is InChI=1S/C11H24N2O/c1-4-14-8-10-7-13(6-5-12)9-11(10,2)3/h10H,4-9,12H2,1-3H3/t10-/m0/s1. The first-order chi connectivity index (χ1) is 6.60. The highest BCUT2D eigenvalue weighted by Crippen LogP contribution is 2.34. The molecule has 0 spiro atoms. The smallest absolute Gasteiger partial charge is 0.0511 e. The number of hydrogen-bond acceptors (Lipinski definition) is 3. The minimum atomic E-state index is 0.379. The fraction of sp³-hybridized carbons (Fsp3) is 1.00. The highest BCUT2D eigenvalue weighted by Gasteiger charge is 2.38. The van der Waals surface area contributed by atoms with Crippen molar-refractivity contribution in [1.82, 2.24) is 4.90 Å². The van der Waals surface area contributed by atoms with Crippen molar-refractivity contribution in [2.24, 2.45) is 17.1 Å². The Bertz CT molecular complexity index is 171. The maximum absolute atomic E-state index is 5.57. The van der Waals surface area contributed by atoms with Crippen molar-refractivity contribution < 1.29 is 4.74 Å². The zero-order chi connectivity index (χ0) is 10.6. The Morgan fingerprint density at radius 3 is 2.79 bits per heavy atom. The van der Waals surface area contributed by atoms with Crippen molar-refractivity contribution in [2.75, 3.05) is 39.4 Å². The van der Waals surface area contributed by atoms with Crippen molar-refractivity contribution in [2.45, 2.75) is 20.8 Å². The van der Waals surface area contributed by atoms with Gasteiger partial charge in [0.2, 0.25) is 0 Å². The van der Waals surface area contributed by atoms with Crippen LogP contribution in [0.3, 0.4) is 0 Å². The molecule has 1 atom stereocenters. The van der Waals surface area contributed by atoms with Gasteiger partial charge in [0, 0.05) is 38.7 Å². The molecule has 0 radical (unpaired) electrons. The van der Waals surface area contributed by atoms with E-state index in [1.165, 1.54) is 0 Å². The van der Waals surface area contributed by atoms with E-state index in [-0.39, 0.29) is 0 Å². The van der Waals surface area contributed by atoms with E-state index in [4.69, 9.17) is 10.5 Å². The van der Waals surface area contributed by atoms with Crippen LogP contribution in [0.25, 0.3) is 0 Å². The van der Waals surface area contributed by atoms with Crippen LogP contribution in [0, 0.1) is 11.3 Å². The first kappa shape index (κ1) is 12.0. The van der Waals surface area contributed by atoms with Crippen LogP contribution in [0.2, 0.25) is 0 Å². The predicted molar refractivity (Wildman–Crippen MR) is 59.3 cm³/mol. The summed E-state index contributed by atoms with van der Waals surface area (Å²) in [5, 5.41) is 0. The lowest BCUT2D eigenvalue weighted by atomic mass is 9.83. The van der Waals surface area contributed by atoms with Gasteiger partial charge in [-0.1, -0.05) is 13.8 Å². The molecule has 0 aromatic rings. The molecule has 1 rings (SSSR count). The summed E-state index contributed by atoms with van der Waals surface area (Å²) in [4.78, 5) is 2.45. The van der Waals surface area contributed by atoms with Gasteiger partial charge >= 0.3 is 0 Å². The second-order valence-corrected chi connectivity index (χ2v) is 4.87. The minimum Gasteiger partial charge on any atom is -0.381 e. The molecule has 1 aliphatic heterocycles. The average Bonchev–Trinajstić information content (AvgIpc) is 2.38. The maximum Gasteiger partial charge on any atom is 0.0511 e. The lowest BCUT2D eigenvalue weighted by Crippen LogP contribution is -2.28. The van der Waals surface area contributed by atoms with Gasteiger partial charge in [-0.25, -0.2) is 0 Å². The van der Waals surface area contributed by atoms with E-state index in [9.17, 15) is 0 Å². The quantitative estimate of drug-likeness (QED) is 0.718. The summed E-state index contributed by atoms with van der Waals surface area (Å²) >= 11 is 0. The van der Waals surface area contributed by atoms with Crippen LogP contribution in [0.15, 0.2) is 0 Å². The number of ether oxygens (including phenoxy) is 1. The van der Waals surface area contributed by atoms with Crippen LogP contribution in [0.5, 0.6) is 0 Å². The summed E-state index contributed by atoms with van der Waals surface area (Å²) in [5.41, 5.74) is 5.95. The molecule has 0 aromatic heterocycles. The summed E-state index contributed by atoms with van der Waals surface area (Å²) < 4.78 is 5.52. The van der Waals surface area contributed by atoms with Gasteiger partial charge in [-0.05, 0) is 12.3 Å². The fourth-order valence-corrected chi connectivity index (χ4v) is 2.22. The van der Waals surface area contributed by atoms with Gasteiger partial charge in [-0.2, -0.15) is 0 Å². The minimum absolute atomic E-state index is 0.379. The summed E-state index contributed by atoms with van der Waals surface area (Å²) in [6, 6.07) is 0. The molecule has 0 saturated carbocycles. The number of nitrogens with two attached hydrogens (primary N) is 1. The molecule has 1 fully saturated rings. The molecule has 2 N–H and O–H groups in total. The molecular weight excluding hydrogens is 176 g/mol. The lowest BCUT2D eigenvalue weighted by Gasteiger charge is -2.25. The highest BCUT2D eigenvalue weighted by atomic mass is 16.5. The normalized spacial score (nSPS) is 27.0. The molecule has 3 nitrogen and oxygen atoms in total. The topological polar surface area (TPSA) is 38.5 Å². The van der Waals surface area contributed by atoms with E-state index in [0.29, 0.717) is 11.3 Å². The molecular formula is C11H24N2O. The van der Waals surface area contributed by atoms with Crippen molar-refractivity contribution >= 4 is 0 Å². The van der Waals surface area contributed by atoms with E-state index in [2.05, 4.69) is 25.7 Å². The molecule has 0 aromatic carbocycles. The Morgan fingerprint density at radius 2 is 2.21 bits per heavy atom. The molecule has 1 aliphatic rings. The average molecular weight is 200 g/mol. The zero-order valence-electron chi connectivity index (χ0n) is 9.75. The Balaban J connectivity index is 2.42. The van der Waals surface area contributed by atoms with Gasteiger partial charge in [0.15, 0.2) is 0 Å². The van der Waals surface area contributed by atoms with Crippen LogP contribution >= 0.6 is 0 Å². The van der Waals surface area contributed by atoms with Gasteiger partial charge in [-0.15, -0.1) is 0 Å². The predicted octanol–water partition coefficient (Wildman–Crippen LogP) is 0.940. The first-order valence-electron chi connectivity index (χ1n) is 5.60. The fourth-order valence-electron chi connectivity index (χ4n) is 2.22. The molecule has 0 unspecified atom stereocenters. The molecule has 14 heavy (non-hydrogen) atoms. The largest absolute Gasteiger partial charge is 0.381 e.